The number of anilines is 1. The standard InChI is InChI=1S/C19H23N3O3/c1-24-17-7-6-16(22-19(23)15-5-3-9-21-12-15)10-18(17)25-13-14-4-2-8-20-11-14/h2,4,6-8,10-11,15,21H,3,5,9,12-13H2,1H3,(H,22,23). The number of carbonyl (C=O) groups excluding carboxylic acids is 1. The van der Waals surface area contributed by atoms with E-state index in [9.17, 15) is 4.79 Å². The van der Waals surface area contributed by atoms with Crippen molar-refractivity contribution in [3.05, 3.63) is 48.3 Å². The lowest BCUT2D eigenvalue weighted by Crippen LogP contribution is -2.37. The van der Waals surface area contributed by atoms with Crippen molar-refractivity contribution >= 4 is 11.6 Å². The summed E-state index contributed by atoms with van der Waals surface area (Å²) >= 11 is 0. The van der Waals surface area contributed by atoms with Gasteiger partial charge < -0.3 is 20.1 Å². The first kappa shape index (κ1) is 17.2. The zero-order chi connectivity index (χ0) is 17.5. The Morgan fingerprint density at radius 3 is 3.00 bits per heavy atom. The number of amides is 1. The van der Waals surface area contributed by atoms with E-state index in [2.05, 4.69) is 15.6 Å². The molecule has 1 saturated heterocycles. The van der Waals surface area contributed by atoms with Crippen molar-refractivity contribution in [3.8, 4) is 11.5 Å². The van der Waals surface area contributed by atoms with Gasteiger partial charge in [-0.05, 0) is 37.6 Å². The van der Waals surface area contributed by atoms with Crippen molar-refractivity contribution in [3.63, 3.8) is 0 Å². The summed E-state index contributed by atoms with van der Waals surface area (Å²) in [6.07, 6.45) is 5.42. The molecular formula is C19H23N3O3. The van der Waals surface area contributed by atoms with Gasteiger partial charge in [-0.2, -0.15) is 0 Å². The van der Waals surface area contributed by atoms with Gasteiger partial charge in [-0.25, -0.2) is 0 Å². The van der Waals surface area contributed by atoms with Crippen molar-refractivity contribution in [2.75, 3.05) is 25.5 Å². The Morgan fingerprint density at radius 2 is 2.28 bits per heavy atom. The van der Waals surface area contributed by atoms with E-state index < -0.39 is 0 Å². The number of nitrogens with one attached hydrogen (secondary N) is 2. The molecule has 1 unspecified atom stereocenters. The fraction of sp³-hybridized carbons (Fsp3) is 0.368. The minimum absolute atomic E-state index is 0.00983. The molecule has 0 radical (unpaired) electrons. The van der Waals surface area contributed by atoms with E-state index in [-0.39, 0.29) is 11.8 Å². The average molecular weight is 341 g/mol. The second-order valence-electron chi connectivity index (χ2n) is 6.05. The lowest BCUT2D eigenvalue weighted by Gasteiger charge is -2.22. The van der Waals surface area contributed by atoms with Crippen LogP contribution >= 0.6 is 0 Å². The molecule has 1 atom stereocenters. The number of ether oxygens (including phenoxy) is 2. The van der Waals surface area contributed by atoms with E-state index >= 15 is 0 Å². The van der Waals surface area contributed by atoms with Gasteiger partial charge in [0.15, 0.2) is 11.5 Å². The molecule has 132 valence electrons. The molecule has 2 aromatic rings. The second kappa shape index (κ2) is 8.48. The number of pyridine rings is 1. The van der Waals surface area contributed by atoms with Crippen LogP contribution in [0.1, 0.15) is 18.4 Å². The predicted octanol–water partition coefficient (Wildman–Crippen LogP) is 2.61. The summed E-state index contributed by atoms with van der Waals surface area (Å²) in [6, 6.07) is 9.23. The zero-order valence-corrected chi connectivity index (χ0v) is 14.3. The first-order chi connectivity index (χ1) is 12.3. The predicted molar refractivity (Wildman–Crippen MR) is 95.8 cm³/mol. The third-order valence-corrected chi connectivity index (χ3v) is 4.22. The van der Waals surface area contributed by atoms with Gasteiger partial charge in [0.2, 0.25) is 5.91 Å². The van der Waals surface area contributed by atoms with Gasteiger partial charge >= 0.3 is 0 Å². The van der Waals surface area contributed by atoms with E-state index in [1.807, 2.05) is 18.2 Å². The van der Waals surface area contributed by atoms with Crippen LogP contribution in [0.2, 0.25) is 0 Å². The molecule has 2 heterocycles. The third kappa shape index (κ3) is 4.70. The number of nitrogens with zero attached hydrogens (tertiary/aromatic N) is 1. The minimum atomic E-state index is 0.00983. The number of aromatic nitrogens is 1. The summed E-state index contributed by atoms with van der Waals surface area (Å²) in [5.74, 6) is 1.26. The quantitative estimate of drug-likeness (QED) is 0.845. The second-order valence-corrected chi connectivity index (χ2v) is 6.05. The van der Waals surface area contributed by atoms with Crippen LogP contribution in [0.5, 0.6) is 11.5 Å². The molecule has 3 rings (SSSR count). The van der Waals surface area contributed by atoms with Crippen molar-refractivity contribution in [2.24, 2.45) is 5.92 Å². The lowest BCUT2D eigenvalue weighted by atomic mass is 9.99. The maximum atomic E-state index is 12.4. The van der Waals surface area contributed by atoms with E-state index in [0.717, 1.165) is 31.5 Å². The maximum Gasteiger partial charge on any atom is 0.228 e. The van der Waals surface area contributed by atoms with Crippen molar-refractivity contribution in [1.82, 2.24) is 10.3 Å². The summed E-state index contributed by atoms with van der Waals surface area (Å²) in [7, 11) is 1.60. The molecule has 1 amide bonds. The van der Waals surface area contributed by atoms with Crippen LogP contribution in [0.25, 0.3) is 0 Å². The SMILES string of the molecule is COc1ccc(NC(=O)C2CCCNC2)cc1OCc1cccnc1. The Labute approximate surface area is 147 Å². The van der Waals surface area contributed by atoms with Crippen LogP contribution in [0, 0.1) is 5.92 Å². The molecule has 0 bridgehead atoms. The largest absolute Gasteiger partial charge is 0.493 e. The molecule has 0 spiro atoms. The highest BCUT2D eigenvalue weighted by molar-refractivity contribution is 5.93. The van der Waals surface area contributed by atoms with Crippen molar-refractivity contribution in [2.45, 2.75) is 19.4 Å². The molecule has 2 N–H and O–H groups in total. The minimum Gasteiger partial charge on any atom is -0.493 e. The Hall–Kier alpha value is -2.60. The molecule has 1 aliphatic heterocycles. The van der Waals surface area contributed by atoms with Gasteiger partial charge in [0.05, 0.1) is 13.0 Å². The molecular weight excluding hydrogens is 318 g/mol. The topological polar surface area (TPSA) is 72.5 Å². The highest BCUT2D eigenvalue weighted by atomic mass is 16.5. The van der Waals surface area contributed by atoms with Crippen LogP contribution in [0.3, 0.4) is 0 Å². The average Bonchev–Trinajstić information content (AvgIpc) is 2.68. The zero-order valence-electron chi connectivity index (χ0n) is 14.3. The Bertz CT molecular complexity index is 700. The van der Waals surface area contributed by atoms with Gasteiger partial charge in [-0.3, -0.25) is 9.78 Å². The Morgan fingerprint density at radius 1 is 1.36 bits per heavy atom. The molecule has 0 aliphatic carbocycles. The van der Waals surface area contributed by atoms with E-state index in [1.165, 1.54) is 0 Å². The number of methoxy groups -OCH3 is 1. The van der Waals surface area contributed by atoms with Crippen LogP contribution < -0.4 is 20.1 Å². The number of piperidine rings is 1. The van der Waals surface area contributed by atoms with Gasteiger partial charge in [-0.1, -0.05) is 6.07 Å². The monoisotopic (exact) mass is 341 g/mol. The smallest absolute Gasteiger partial charge is 0.228 e. The summed E-state index contributed by atoms with van der Waals surface area (Å²) in [4.78, 5) is 16.5. The number of hydrogen-bond acceptors (Lipinski definition) is 5. The summed E-state index contributed by atoms with van der Waals surface area (Å²) in [5, 5.41) is 6.23. The third-order valence-electron chi connectivity index (χ3n) is 4.22. The lowest BCUT2D eigenvalue weighted by molar-refractivity contribution is -0.120. The normalized spacial score (nSPS) is 16.9. The van der Waals surface area contributed by atoms with Crippen LogP contribution in [-0.2, 0) is 11.4 Å². The number of benzene rings is 1. The molecule has 0 saturated carbocycles. The fourth-order valence-corrected chi connectivity index (χ4v) is 2.83. The summed E-state index contributed by atoms with van der Waals surface area (Å²) in [6.45, 7) is 2.10. The molecule has 6 heteroatoms. The number of carbonyl (C=O) groups is 1. The molecule has 1 aliphatic rings. The summed E-state index contributed by atoms with van der Waals surface area (Å²) in [5.41, 5.74) is 1.67. The molecule has 25 heavy (non-hydrogen) atoms. The van der Waals surface area contributed by atoms with Gasteiger partial charge in [-0.15, -0.1) is 0 Å². The van der Waals surface area contributed by atoms with Gasteiger partial charge in [0.25, 0.3) is 0 Å². The Balaban J connectivity index is 1.67. The highest BCUT2D eigenvalue weighted by Gasteiger charge is 2.21. The number of rotatable bonds is 6. The van der Waals surface area contributed by atoms with Gasteiger partial charge in [0.1, 0.15) is 6.61 Å². The van der Waals surface area contributed by atoms with E-state index in [4.69, 9.17) is 9.47 Å². The van der Waals surface area contributed by atoms with Crippen LogP contribution in [0.15, 0.2) is 42.7 Å². The maximum absolute atomic E-state index is 12.4. The first-order valence-corrected chi connectivity index (χ1v) is 8.47. The molecule has 1 fully saturated rings. The molecule has 6 nitrogen and oxygen atoms in total. The van der Waals surface area contributed by atoms with Crippen LogP contribution in [0.4, 0.5) is 5.69 Å². The fourth-order valence-electron chi connectivity index (χ4n) is 2.83. The summed E-state index contributed by atoms with van der Waals surface area (Å²) < 4.78 is 11.2. The van der Waals surface area contributed by atoms with Crippen molar-refractivity contribution < 1.29 is 14.3 Å². The Kier molecular flexibility index (Phi) is 5.85. The number of hydrogen-bond donors (Lipinski definition) is 2. The molecule has 1 aromatic carbocycles. The molecule has 1 aromatic heterocycles. The van der Waals surface area contributed by atoms with Crippen LogP contribution in [-0.4, -0.2) is 31.1 Å². The van der Waals surface area contributed by atoms with Gasteiger partial charge in [0, 0.05) is 36.3 Å². The first-order valence-electron chi connectivity index (χ1n) is 8.47. The van der Waals surface area contributed by atoms with E-state index in [1.54, 1.807) is 31.6 Å². The highest BCUT2D eigenvalue weighted by Crippen LogP contribution is 2.31. The van der Waals surface area contributed by atoms with Crippen molar-refractivity contribution in [1.29, 1.82) is 0 Å². The van der Waals surface area contributed by atoms with E-state index in [0.29, 0.717) is 23.8 Å².